The Morgan fingerprint density at radius 3 is 2.30 bits per heavy atom. The molecule has 1 N–H and O–H groups in total. The Balaban J connectivity index is 1.98. The van der Waals surface area contributed by atoms with Gasteiger partial charge in [0.25, 0.3) is 5.91 Å². The van der Waals surface area contributed by atoms with Crippen LogP contribution in [0.25, 0.3) is 16.8 Å². The van der Waals surface area contributed by atoms with Gasteiger partial charge in [0.2, 0.25) is 5.43 Å². The van der Waals surface area contributed by atoms with Crippen LogP contribution in [0.15, 0.2) is 77.6 Å². The number of carbonyl (C=O) groups excluding carboxylic acids is 1. The molecule has 0 spiro atoms. The van der Waals surface area contributed by atoms with Crippen LogP contribution in [0, 0.1) is 19.7 Å². The number of ether oxygens (including phenoxy) is 1. The summed E-state index contributed by atoms with van der Waals surface area (Å²) in [6.07, 6.45) is 0. The van der Waals surface area contributed by atoms with Crippen molar-refractivity contribution in [1.82, 2.24) is 9.78 Å². The predicted octanol–water partition coefficient (Wildman–Crippen LogP) is 4.92. The third kappa shape index (κ3) is 4.39. The highest BCUT2D eigenvalue weighted by atomic mass is 19.1. The minimum absolute atomic E-state index is 0.160. The SMILES string of the molecule is COc1ccccc1-c1c(NC(=O)c2ccc(C)cc2)n(-c2ccc(F)cc2)nc(C)c1=O. The number of methoxy groups -OCH3 is 1. The number of hydrogen-bond donors (Lipinski definition) is 1. The van der Waals surface area contributed by atoms with Gasteiger partial charge in [0.1, 0.15) is 23.1 Å². The normalized spacial score (nSPS) is 10.7. The first-order chi connectivity index (χ1) is 15.9. The van der Waals surface area contributed by atoms with Crippen LogP contribution in [0.4, 0.5) is 10.2 Å². The van der Waals surface area contributed by atoms with Gasteiger partial charge in [-0.1, -0.05) is 35.9 Å². The maximum atomic E-state index is 13.6. The highest BCUT2D eigenvalue weighted by Crippen LogP contribution is 2.33. The number of carbonyl (C=O) groups is 1. The molecule has 0 atom stereocenters. The Labute approximate surface area is 190 Å². The van der Waals surface area contributed by atoms with E-state index in [9.17, 15) is 14.0 Å². The average molecular weight is 443 g/mol. The molecule has 33 heavy (non-hydrogen) atoms. The third-order valence-electron chi connectivity index (χ3n) is 5.25. The smallest absolute Gasteiger partial charge is 0.256 e. The summed E-state index contributed by atoms with van der Waals surface area (Å²) in [5, 5.41) is 7.26. The van der Waals surface area contributed by atoms with Crippen LogP contribution >= 0.6 is 0 Å². The van der Waals surface area contributed by atoms with E-state index in [0.717, 1.165) is 5.56 Å². The van der Waals surface area contributed by atoms with Crippen molar-refractivity contribution < 1.29 is 13.9 Å². The zero-order valence-electron chi connectivity index (χ0n) is 18.4. The summed E-state index contributed by atoms with van der Waals surface area (Å²) in [7, 11) is 1.51. The van der Waals surface area contributed by atoms with E-state index in [-0.39, 0.29) is 22.5 Å². The maximum Gasteiger partial charge on any atom is 0.256 e. The van der Waals surface area contributed by atoms with Gasteiger partial charge in [0.15, 0.2) is 0 Å². The van der Waals surface area contributed by atoms with E-state index >= 15 is 0 Å². The molecule has 0 aliphatic heterocycles. The molecule has 4 aromatic rings. The second kappa shape index (κ2) is 9.08. The summed E-state index contributed by atoms with van der Waals surface area (Å²) >= 11 is 0. The average Bonchev–Trinajstić information content (AvgIpc) is 2.82. The van der Waals surface area contributed by atoms with E-state index in [2.05, 4.69) is 10.4 Å². The first kappa shape index (κ1) is 22.0. The quantitative estimate of drug-likeness (QED) is 0.475. The first-order valence-electron chi connectivity index (χ1n) is 10.3. The lowest BCUT2D eigenvalue weighted by atomic mass is 10.0. The van der Waals surface area contributed by atoms with Crippen LogP contribution < -0.4 is 15.5 Å². The standard InChI is InChI=1S/C26H22FN3O3/c1-16-8-10-18(11-9-16)26(32)28-25-23(21-6-4-5-7-22(21)33-3)24(31)17(2)29-30(25)20-14-12-19(27)13-15-20/h4-15H,1-3H3,(H,28,32). The zero-order valence-corrected chi connectivity index (χ0v) is 18.4. The molecule has 0 bridgehead atoms. The highest BCUT2D eigenvalue weighted by Gasteiger charge is 2.23. The van der Waals surface area contributed by atoms with Gasteiger partial charge in [0, 0.05) is 11.1 Å². The van der Waals surface area contributed by atoms with Crippen LogP contribution in [0.1, 0.15) is 21.6 Å². The molecule has 0 saturated carbocycles. The number of hydrogen-bond acceptors (Lipinski definition) is 4. The van der Waals surface area contributed by atoms with Crippen molar-refractivity contribution in [2.75, 3.05) is 12.4 Å². The molecular formula is C26H22FN3O3. The summed E-state index contributed by atoms with van der Waals surface area (Å²) in [6, 6.07) is 19.7. The monoisotopic (exact) mass is 443 g/mol. The second-order valence-corrected chi connectivity index (χ2v) is 7.55. The van der Waals surface area contributed by atoms with Crippen molar-refractivity contribution in [3.05, 3.63) is 106 Å². The molecule has 0 radical (unpaired) electrons. The third-order valence-corrected chi connectivity index (χ3v) is 5.25. The van der Waals surface area contributed by atoms with E-state index in [4.69, 9.17) is 4.74 Å². The molecule has 166 valence electrons. The lowest BCUT2D eigenvalue weighted by molar-refractivity contribution is 0.102. The van der Waals surface area contributed by atoms with Crippen molar-refractivity contribution in [3.8, 4) is 22.6 Å². The Kier molecular flexibility index (Phi) is 6.04. The van der Waals surface area contributed by atoms with Crippen LogP contribution in [-0.2, 0) is 0 Å². The minimum atomic E-state index is -0.410. The van der Waals surface area contributed by atoms with Crippen molar-refractivity contribution in [2.45, 2.75) is 13.8 Å². The fraction of sp³-hybridized carbons (Fsp3) is 0.115. The largest absolute Gasteiger partial charge is 0.496 e. The van der Waals surface area contributed by atoms with Crippen LogP contribution in [0.5, 0.6) is 5.75 Å². The molecule has 1 aromatic heterocycles. The van der Waals surface area contributed by atoms with E-state index in [1.165, 1.54) is 36.1 Å². The van der Waals surface area contributed by atoms with Gasteiger partial charge >= 0.3 is 0 Å². The van der Waals surface area contributed by atoms with Gasteiger partial charge in [-0.2, -0.15) is 5.10 Å². The Bertz CT molecular complexity index is 1380. The van der Waals surface area contributed by atoms with E-state index in [0.29, 0.717) is 22.6 Å². The van der Waals surface area contributed by atoms with Crippen LogP contribution in [0.2, 0.25) is 0 Å². The molecule has 0 fully saturated rings. The number of halogens is 1. The number of anilines is 1. The Morgan fingerprint density at radius 1 is 0.970 bits per heavy atom. The number of rotatable bonds is 5. The summed E-state index contributed by atoms with van der Waals surface area (Å²) in [5.74, 6) is -0.192. The molecule has 1 heterocycles. The molecule has 0 saturated heterocycles. The van der Waals surface area contributed by atoms with E-state index < -0.39 is 11.7 Å². The Morgan fingerprint density at radius 2 is 1.64 bits per heavy atom. The number of nitrogens with one attached hydrogen (secondary N) is 1. The van der Waals surface area contributed by atoms with Crippen molar-refractivity contribution in [3.63, 3.8) is 0 Å². The molecule has 1 amide bonds. The topological polar surface area (TPSA) is 73.2 Å². The highest BCUT2D eigenvalue weighted by molar-refractivity contribution is 6.06. The lowest BCUT2D eigenvalue weighted by Gasteiger charge is -2.19. The predicted molar refractivity (Wildman–Crippen MR) is 126 cm³/mol. The van der Waals surface area contributed by atoms with Gasteiger partial charge in [0.05, 0.1) is 18.4 Å². The zero-order chi connectivity index (χ0) is 23.5. The van der Waals surface area contributed by atoms with Crippen molar-refractivity contribution in [2.24, 2.45) is 0 Å². The van der Waals surface area contributed by atoms with E-state index in [1.54, 1.807) is 43.3 Å². The molecule has 3 aromatic carbocycles. The van der Waals surface area contributed by atoms with Crippen molar-refractivity contribution in [1.29, 1.82) is 0 Å². The number of amides is 1. The number of nitrogens with zero attached hydrogens (tertiary/aromatic N) is 2. The second-order valence-electron chi connectivity index (χ2n) is 7.55. The summed E-state index contributed by atoms with van der Waals surface area (Å²) in [6.45, 7) is 3.52. The fourth-order valence-electron chi connectivity index (χ4n) is 3.51. The van der Waals surface area contributed by atoms with Gasteiger partial charge in [-0.25, -0.2) is 9.07 Å². The molecule has 4 rings (SSSR count). The lowest BCUT2D eigenvalue weighted by Crippen LogP contribution is -2.25. The van der Waals surface area contributed by atoms with Gasteiger partial charge in [-0.15, -0.1) is 0 Å². The van der Waals surface area contributed by atoms with Crippen molar-refractivity contribution >= 4 is 11.7 Å². The molecule has 7 heteroatoms. The van der Waals surface area contributed by atoms with Gasteiger partial charge in [-0.3, -0.25) is 9.59 Å². The molecule has 0 aliphatic carbocycles. The minimum Gasteiger partial charge on any atom is -0.496 e. The number of aryl methyl sites for hydroxylation is 2. The number of para-hydroxylation sites is 1. The number of benzene rings is 3. The number of aromatic nitrogens is 2. The summed E-state index contributed by atoms with van der Waals surface area (Å²) < 4.78 is 20.5. The summed E-state index contributed by atoms with van der Waals surface area (Å²) in [5.41, 5.74) is 2.52. The molecule has 6 nitrogen and oxygen atoms in total. The molecule has 0 aliphatic rings. The van der Waals surface area contributed by atoms with Gasteiger partial charge in [-0.05, 0) is 56.3 Å². The Hall–Kier alpha value is -4.26. The van der Waals surface area contributed by atoms with Gasteiger partial charge < -0.3 is 10.1 Å². The maximum absolute atomic E-state index is 13.6. The van der Waals surface area contributed by atoms with Crippen LogP contribution in [0.3, 0.4) is 0 Å². The fourth-order valence-corrected chi connectivity index (χ4v) is 3.51. The molecule has 0 unspecified atom stereocenters. The van der Waals surface area contributed by atoms with E-state index in [1.807, 2.05) is 19.1 Å². The summed E-state index contributed by atoms with van der Waals surface area (Å²) in [4.78, 5) is 26.5. The molecular weight excluding hydrogens is 421 g/mol. The van der Waals surface area contributed by atoms with Crippen LogP contribution in [-0.4, -0.2) is 22.8 Å². The first-order valence-corrected chi connectivity index (χ1v) is 10.3.